The molecule has 1 aromatic heterocycles. The second kappa shape index (κ2) is 7.19. The number of carbonyl (C=O) groups is 1. The fourth-order valence-corrected chi connectivity index (χ4v) is 2.90. The van der Waals surface area contributed by atoms with Crippen LogP contribution in [0.4, 0.5) is 10.6 Å². The molecule has 6 heteroatoms. The van der Waals surface area contributed by atoms with E-state index in [9.17, 15) is 9.90 Å². The summed E-state index contributed by atoms with van der Waals surface area (Å²) in [7, 11) is 0. The summed E-state index contributed by atoms with van der Waals surface area (Å²) in [6.07, 6.45) is 2.65. The number of hydrogen-bond donors (Lipinski definition) is 2. The van der Waals surface area contributed by atoms with E-state index >= 15 is 0 Å². The third-order valence-electron chi connectivity index (χ3n) is 4.22. The van der Waals surface area contributed by atoms with Crippen LogP contribution in [0.5, 0.6) is 0 Å². The number of anilines is 1. The van der Waals surface area contributed by atoms with Crippen LogP contribution in [0.2, 0.25) is 0 Å². The van der Waals surface area contributed by atoms with E-state index in [1.165, 1.54) is 0 Å². The highest BCUT2D eigenvalue weighted by Crippen LogP contribution is 2.30. The standard InChI is InChI=1S/C17H20N4O2/c22-16(13-5-2-1-3-6-13)14-8-11-21(12-9-14)17(23)19-15-7-4-10-18-20-15/h1-7,10,14,16,22H,8-9,11-12H2,(H,19,20,23). The lowest BCUT2D eigenvalue weighted by Crippen LogP contribution is -2.42. The minimum Gasteiger partial charge on any atom is -0.388 e. The lowest BCUT2D eigenvalue weighted by atomic mass is 9.87. The van der Waals surface area contributed by atoms with Crippen molar-refractivity contribution in [3.8, 4) is 0 Å². The number of amides is 2. The molecule has 1 atom stereocenters. The summed E-state index contributed by atoms with van der Waals surface area (Å²) in [5, 5.41) is 20.8. The molecule has 120 valence electrons. The van der Waals surface area contributed by atoms with Gasteiger partial charge < -0.3 is 10.0 Å². The van der Waals surface area contributed by atoms with Crippen LogP contribution in [0.1, 0.15) is 24.5 Å². The maximum absolute atomic E-state index is 12.2. The molecule has 1 aliphatic heterocycles. The molecule has 0 spiro atoms. The molecule has 2 aromatic rings. The largest absolute Gasteiger partial charge is 0.388 e. The molecule has 0 radical (unpaired) electrons. The molecular weight excluding hydrogens is 292 g/mol. The van der Waals surface area contributed by atoms with Gasteiger partial charge in [0.25, 0.3) is 0 Å². The third-order valence-corrected chi connectivity index (χ3v) is 4.22. The SMILES string of the molecule is O=C(Nc1cccnn1)N1CCC(C(O)c2ccccc2)CC1. The van der Waals surface area contributed by atoms with E-state index in [-0.39, 0.29) is 11.9 Å². The fraction of sp³-hybridized carbons (Fsp3) is 0.353. The lowest BCUT2D eigenvalue weighted by Gasteiger charge is -2.34. The molecule has 3 rings (SSSR count). The van der Waals surface area contributed by atoms with E-state index in [1.807, 2.05) is 30.3 Å². The molecule has 2 N–H and O–H groups in total. The molecule has 0 bridgehead atoms. The molecule has 2 amide bonds. The first-order valence-electron chi connectivity index (χ1n) is 7.80. The first-order valence-corrected chi connectivity index (χ1v) is 7.80. The van der Waals surface area contributed by atoms with Crippen molar-refractivity contribution in [1.82, 2.24) is 15.1 Å². The number of nitrogens with zero attached hydrogens (tertiary/aromatic N) is 3. The van der Waals surface area contributed by atoms with Gasteiger partial charge in [0, 0.05) is 19.3 Å². The minimum absolute atomic E-state index is 0.168. The molecule has 0 saturated carbocycles. The normalized spacial score (nSPS) is 16.8. The van der Waals surface area contributed by atoms with Gasteiger partial charge in [-0.25, -0.2) is 4.79 Å². The maximum atomic E-state index is 12.2. The second-order valence-corrected chi connectivity index (χ2v) is 5.72. The number of aliphatic hydroxyl groups excluding tert-OH is 1. The molecule has 1 aromatic carbocycles. The number of hydrogen-bond acceptors (Lipinski definition) is 4. The fourth-order valence-electron chi connectivity index (χ4n) is 2.90. The number of urea groups is 1. The predicted octanol–water partition coefficient (Wildman–Crippen LogP) is 2.45. The van der Waals surface area contributed by atoms with Gasteiger partial charge in [0.05, 0.1) is 6.10 Å². The van der Waals surface area contributed by atoms with E-state index in [0.717, 1.165) is 18.4 Å². The van der Waals surface area contributed by atoms with Crippen LogP contribution in [-0.2, 0) is 0 Å². The first-order chi connectivity index (χ1) is 11.2. The van der Waals surface area contributed by atoms with Gasteiger partial charge in [0.2, 0.25) is 0 Å². The summed E-state index contributed by atoms with van der Waals surface area (Å²) < 4.78 is 0. The first kappa shape index (κ1) is 15.4. The van der Waals surface area contributed by atoms with Crippen LogP contribution in [0.15, 0.2) is 48.7 Å². The number of likely N-dealkylation sites (tertiary alicyclic amines) is 1. The van der Waals surface area contributed by atoms with E-state index in [1.54, 1.807) is 23.2 Å². The predicted molar refractivity (Wildman–Crippen MR) is 86.7 cm³/mol. The van der Waals surface area contributed by atoms with Crippen molar-refractivity contribution in [2.24, 2.45) is 5.92 Å². The van der Waals surface area contributed by atoms with E-state index in [2.05, 4.69) is 15.5 Å². The lowest BCUT2D eigenvalue weighted by molar-refractivity contribution is 0.0683. The van der Waals surface area contributed by atoms with Gasteiger partial charge in [-0.05, 0) is 36.5 Å². The number of aliphatic hydroxyl groups is 1. The molecule has 2 heterocycles. The molecule has 1 saturated heterocycles. The minimum atomic E-state index is -0.471. The summed E-state index contributed by atoms with van der Waals surface area (Å²) in [4.78, 5) is 14.0. The zero-order chi connectivity index (χ0) is 16.1. The highest BCUT2D eigenvalue weighted by molar-refractivity contribution is 5.88. The van der Waals surface area contributed by atoms with Crippen molar-refractivity contribution < 1.29 is 9.90 Å². The van der Waals surface area contributed by atoms with Gasteiger partial charge in [-0.1, -0.05) is 30.3 Å². The average molecular weight is 312 g/mol. The van der Waals surface area contributed by atoms with Gasteiger partial charge in [-0.15, -0.1) is 5.10 Å². The molecule has 23 heavy (non-hydrogen) atoms. The Morgan fingerprint density at radius 1 is 1.17 bits per heavy atom. The van der Waals surface area contributed by atoms with Crippen molar-refractivity contribution in [3.63, 3.8) is 0 Å². The molecule has 6 nitrogen and oxygen atoms in total. The summed E-state index contributed by atoms with van der Waals surface area (Å²) in [6.45, 7) is 1.25. The van der Waals surface area contributed by atoms with Crippen LogP contribution in [0.25, 0.3) is 0 Å². The molecular formula is C17H20N4O2. The molecule has 0 aliphatic carbocycles. The van der Waals surface area contributed by atoms with Gasteiger partial charge in [0.15, 0.2) is 5.82 Å². The molecule has 1 unspecified atom stereocenters. The Bertz CT molecular complexity index is 628. The zero-order valence-corrected chi connectivity index (χ0v) is 12.8. The topological polar surface area (TPSA) is 78.4 Å². The number of carbonyl (C=O) groups excluding carboxylic acids is 1. The Morgan fingerprint density at radius 3 is 2.57 bits per heavy atom. The van der Waals surface area contributed by atoms with Crippen molar-refractivity contribution in [2.45, 2.75) is 18.9 Å². The number of nitrogens with one attached hydrogen (secondary N) is 1. The summed E-state index contributed by atoms with van der Waals surface area (Å²) in [5.74, 6) is 0.627. The molecule has 1 fully saturated rings. The van der Waals surface area contributed by atoms with E-state index in [0.29, 0.717) is 18.9 Å². The Labute approximate surface area is 135 Å². The van der Waals surface area contributed by atoms with Crippen molar-refractivity contribution >= 4 is 11.8 Å². The third kappa shape index (κ3) is 3.84. The Morgan fingerprint density at radius 2 is 1.91 bits per heavy atom. The van der Waals surface area contributed by atoms with Crippen LogP contribution < -0.4 is 5.32 Å². The average Bonchev–Trinajstić information content (AvgIpc) is 2.63. The highest BCUT2D eigenvalue weighted by atomic mass is 16.3. The van der Waals surface area contributed by atoms with Gasteiger partial charge in [-0.3, -0.25) is 5.32 Å². The smallest absolute Gasteiger partial charge is 0.323 e. The van der Waals surface area contributed by atoms with Crippen LogP contribution in [-0.4, -0.2) is 39.3 Å². The Balaban J connectivity index is 1.53. The van der Waals surface area contributed by atoms with E-state index < -0.39 is 6.10 Å². The summed E-state index contributed by atoms with van der Waals surface area (Å²) in [5.41, 5.74) is 0.940. The highest BCUT2D eigenvalue weighted by Gasteiger charge is 2.28. The Hall–Kier alpha value is -2.47. The number of rotatable bonds is 3. The van der Waals surface area contributed by atoms with Gasteiger partial charge >= 0.3 is 6.03 Å². The quantitative estimate of drug-likeness (QED) is 0.912. The van der Waals surface area contributed by atoms with Gasteiger partial charge in [0.1, 0.15) is 0 Å². The van der Waals surface area contributed by atoms with Crippen LogP contribution in [0, 0.1) is 5.92 Å². The van der Waals surface area contributed by atoms with Crippen LogP contribution >= 0.6 is 0 Å². The number of piperidine rings is 1. The van der Waals surface area contributed by atoms with E-state index in [4.69, 9.17) is 0 Å². The van der Waals surface area contributed by atoms with Crippen molar-refractivity contribution in [1.29, 1.82) is 0 Å². The number of benzene rings is 1. The van der Waals surface area contributed by atoms with Gasteiger partial charge in [-0.2, -0.15) is 5.10 Å². The zero-order valence-electron chi connectivity index (χ0n) is 12.8. The summed E-state index contributed by atoms with van der Waals surface area (Å²) >= 11 is 0. The Kier molecular flexibility index (Phi) is 4.83. The van der Waals surface area contributed by atoms with Crippen molar-refractivity contribution in [2.75, 3.05) is 18.4 Å². The maximum Gasteiger partial charge on any atom is 0.323 e. The summed E-state index contributed by atoms with van der Waals surface area (Å²) in [6, 6.07) is 13.0. The monoisotopic (exact) mass is 312 g/mol. The molecule has 1 aliphatic rings. The van der Waals surface area contributed by atoms with Crippen molar-refractivity contribution in [3.05, 3.63) is 54.2 Å². The number of aromatic nitrogens is 2. The van der Waals surface area contributed by atoms with Crippen LogP contribution in [0.3, 0.4) is 0 Å². The second-order valence-electron chi connectivity index (χ2n) is 5.72.